The van der Waals surface area contributed by atoms with Gasteiger partial charge in [0.1, 0.15) is 11.5 Å². The number of aromatic amines is 1. The average Bonchev–Trinajstić information content (AvgIpc) is 3.35. The van der Waals surface area contributed by atoms with Crippen LogP contribution in [0.3, 0.4) is 0 Å². The van der Waals surface area contributed by atoms with Crippen molar-refractivity contribution in [2.75, 3.05) is 5.32 Å². The molecule has 0 radical (unpaired) electrons. The van der Waals surface area contributed by atoms with Gasteiger partial charge in [0.05, 0.1) is 6.33 Å². The lowest BCUT2D eigenvalue weighted by molar-refractivity contribution is 0.0857. The zero-order valence-corrected chi connectivity index (χ0v) is 21.1. The number of aliphatic imine (C=N–C) groups is 1. The Balaban J connectivity index is 1.22. The minimum Gasteiger partial charge on any atom is -0.457 e. The van der Waals surface area contributed by atoms with Crippen molar-refractivity contribution in [3.05, 3.63) is 120 Å². The summed E-state index contributed by atoms with van der Waals surface area (Å²) in [5.74, 6) is 1.63. The van der Waals surface area contributed by atoms with Crippen molar-refractivity contribution in [2.45, 2.75) is 37.5 Å². The Morgan fingerprint density at radius 3 is 2.63 bits per heavy atom. The van der Waals surface area contributed by atoms with Crippen molar-refractivity contribution in [1.82, 2.24) is 9.97 Å². The fourth-order valence-corrected chi connectivity index (χ4v) is 5.74. The SMILES string of the molecule is O=C(c1cccc(Oc2ccccc2)c1)C1CCC(Cc2cnc[nH]2)(c2ccc3c(c2)C=NC=CN3)CC1. The largest absolute Gasteiger partial charge is 0.457 e. The number of rotatable bonds is 7. The highest BCUT2D eigenvalue weighted by Crippen LogP contribution is 2.45. The molecule has 0 amide bonds. The van der Waals surface area contributed by atoms with Gasteiger partial charge in [-0.3, -0.25) is 9.79 Å². The molecule has 1 aromatic heterocycles. The number of benzene rings is 3. The number of nitrogens with zero attached hydrogens (tertiary/aromatic N) is 2. The Morgan fingerprint density at radius 1 is 0.974 bits per heavy atom. The van der Waals surface area contributed by atoms with Gasteiger partial charge in [-0.15, -0.1) is 0 Å². The Hall–Kier alpha value is -4.45. The van der Waals surface area contributed by atoms with E-state index in [4.69, 9.17) is 4.74 Å². The van der Waals surface area contributed by atoms with Crippen LogP contribution in [0.4, 0.5) is 5.69 Å². The number of aromatic nitrogens is 2. The van der Waals surface area contributed by atoms with Crippen LogP contribution in [0.5, 0.6) is 11.5 Å². The number of hydrogen-bond donors (Lipinski definition) is 2. The van der Waals surface area contributed by atoms with Crippen LogP contribution < -0.4 is 10.1 Å². The molecule has 38 heavy (non-hydrogen) atoms. The van der Waals surface area contributed by atoms with Crippen LogP contribution in [0.25, 0.3) is 0 Å². The van der Waals surface area contributed by atoms with Crippen LogP contribution >= 0.6 is 0 Å². The summed E-state index contributed by atoms with van der Waals surface area (Å²) in [6, 6.07) is 23.8. The van der Waals surface area contributed by atoms with Gasteiger partial charge < -0.3 is 15.0 Å². The van der Waals surface area contributed by atoms with Gasteiger partial charge in [-0.05, 0) is 74.1 Å². The van der Waals surface area contributed by atoms with Crippen LogP contribution in [-0.2, 0) is 11.8 Å². The molecule has 0 spiro atoms. The quantitative estimate of drug-likeness (QED) is 0.265. The second-order valence-electron chi connectivity index (χ2n) is 10.2. The van der Waals surface area contributed by atoms with E-state index in [2.05, 4.69) is 38.5 Å². The van der Waals surface area contributed by atoms with E-state index in [1.54, 1.807) is 12.5 Å². The maximum atomic E-state index is 13.6. The third kappa shape index (κ3) is 5.02. The molecule has 4 aromatic rings. The lowest BCUT2D eigenvalue weighted by Crippen LogP contribution is -2.36. The third-order valence-corrected chi connectivity index (χ3v) is 7.77. The summed E-state index contributed by atoms with van der Waals surface area (Å²) < 4.78 is 5.98. The molecule has 1 fully saturated rings. The van der Waals surface area contributed by atoms with E-state index in [9.17, 15) is 4.79 Å². The molecule has 0 saturated heterocycles. The van der Waals surface area contributed by atoms with Crippen molar-refractivity contribution >= 4 is 17.7 Å². The van der Waals surface area contributed by atoms with E-state index in [1.165, 1.54) is 5.56 Å². The number of carbonyl (C=O) groups is 1. The summed E-state index contributed by atoms with van der Waals surface area (Å²) in [5, 5.41) is 3.30. The maximum Gasteiger partial charge on any atom is 0.166 e. The Labute approximate surface area is 222 Å². The number of Topliss-reactive ketones (excluding diaryl/α,β-unsaturated/α-hetero) is 1. The number of nitrogens with one attached hydrogen (secondary N) is 2. The van der Waals surface area contributed by atoms with Gasteiger partial charge in [0, 0.05) is 58.7 Å². The zero-order valence-electron chi connectivity index (χ0n) is 21.1. The highest BCUT2D eigenvalue weighted by atomic mass is 16.5. The topological polar surface area (TPSA) is 79.4 Å². The molecule has 1 aliphatic heterocycles. The highest BCUT2D eigenvalue weighted by Gasteiger charge is 2.39. The first-order valence-electron chi connectivity index (χ1n) is 13.1. The van der Waals surface area contributed by atoms with Gasteiger partial charge in [-0.2, -0.15) is 0 Å². The number of hydrogen-bond acceptors (Lipinski definition) is 5. The predicted molar refractivity (Wildman–Crippen MR) is 150 cm³/mol. The van der Waals surface area contributed by atoms with Gasteiger partial charge in [0.25, 0.3) is 0 Å². The summed E-state index contributed by atoms with van der Waals surface area (Å²) in [7, 11) is 0. The Bertz CT molecular complexity index is 1470. The van der Waals surface area contributed by atoms with Crippen molar-refractivity contribution in [2.24, 2.45) is 10.9 Å². The summed E-state index contributed by atoms with van der Waals surface area (Å²) in [4.78, 5) is 25.5. The van der Waals surface area contributed by atoms with Crippen LogP contribution in [0.1, 0.15) is 52.9 Å². The van der Waals surface area contributed by atoms with E-state index in [0.717, 1.165) is 54.8 Å². The summed E-state index contributed by atoms with van der Waals surface area (Å²) in [6.45, 7) is 0. The van der Waals surface area contributed by atoms with Gasteiger partial charge in [-0.1, -0.05) is 36.4 Å². The molecule has 1 aliphatic carbocycles. The molecule has 3 aromatic carbocycles. The van der Waals surface area contributed by atoms with E-state index >= 15 is 0 Å². The molecule has 6 rings (SSSR count). The number of ether oxygens (including phenoxy) is 1. The monoisotopic (exact) mass is 502 g/mol. The van der Waals surface area contributed by atoms with Gasteiger partial charge in [0.2, 0.25) is 0 Å². The number of H-pyrrole nitrogens is 1. The van der Waals surface area contributed by atoms with Gasteiger partial charge in [0.15, 0.2) is 5.78 Å². The summed E-state index contributed by atoms with van der Waals surface area (Å²) >= 11 is 0. The average molecular weight is 503 g/mol. The maximum absolute atomic E-state index is 13.6. The van der Waals surface area contributed by atoms with Crippen molar-refractivity contribution in [3.63, 3.8) is 0 Å². The fourth-order valence-electron chi connectivity index (χ4n) is 5.74. The lowest BCUT2D eigenvalue weighted by Gasteiger charge is -2.40. The lowest BCUT2D eigenvalue weighted by atomic mass is 9.63. The second-order valence-corrected chi connectivity index (χ2v) is 10.2. The molecule has 2 heterocycles. The predicted octanol–water partition coefficient (Wildman–Crippen LogP) is 7.07. The number of fused-ring (bicyclic) bond motifs is 1. The molecule has 0 bridgehead atoms. The smallest absolute Gasteiger partial charge is 0.166 e. The van der Waals surface area contributed by atoms with Crippen LogP contribution in [0, 0.1) is 5.92 Å². The number of imidazole rings is 1. The zero-order chi connectivity index (χ0) is 25.8. The van der Waals surface area contributed by atoms with E-state index in [0.29, 0.717) is 11.3 Å². The number of carbonyl (C=O) groups excluding carboxylic acids is 1. The standard InChI is InChI=1S/C32H30N4O2/c37-31(24-5-4-8-29(18-24)38-28-6-2-1-3-7-28)23-11-13-32(14-12-23,19-27-21-34-22-36-27)26-9-10-30-25(17-26)20-33-15-16-35-30/h1-10,15-18,20-23,35H,11-14,19H2,(H,34,36). The molecule has 0 atom stereocenters. The minimum atomic E-state index is -0.0792. The van der Waals surface area contributed by atoms with Crippen LogP contribution in [0.2, 0.25) is 0 Å². The minimum absolute atomic E-state index is 0.00914. The number of para-hydroxylation sites is 1. The highest BCUT2D eigenvalue weighted by molar-refractivity contribution is 5.98. The molecular weight excluding hydrogens is 472 g/mol. The van der Waals surface area contributed by atoms with Crippen molar-refractivity contribution in [1.29, 1.82) is 0 Å². The molecular formula is C32H30N4O2. The first-order chi connectivity index (χ1) is 18.7. The van der Waals surface area contributed by atoms with Gasteiger partial charge >= 0.3 is 0 Å². The van der Waals surface area contributed by atoms with E-state index < -0.39 is 0 Å². The summed E-state index contributed by atoms with van der Waals surface area (Å²) in [5.41, 5.74) is 5.15. The molecule has 6 heteroatoms. The molecule has 2 aliphatic rings. The second kappa shape index (κ2) is 10.5. The van der Waals surface area contributed by atoms with E-state index in [1.807, 2.05) is 73.2 Å². The first kappa shape index (κ1) is 23.9. The van der Waals surface area contributed by atoms with Crippen molar-refractivity contribution in [3.8, 4) is 11.5 Å². The summed E-state index contributed by atoms with van der Waals surface area (Å²) in [6.07, 6.45) is 13.5. The normalized spacial score (nSPS) is 20.3. The molecule has 6 nitrogen and oxygen atoms in total. The Morgan fingerprint density at radius 2 is 1.82 bits per heavy atom. The number of ketones is 1. The molecule has 1 saturated carbocycles. The Kier molecular flexibility index (Phi) is 6.61. The van der Waals surface area contributed by atoms with Crippen molar-refractivity contribution < 1.29 is 9.53 Å². The van der Waals surface area contributed by atoms with Crippen LogP contribution in [-0.4, -0.2) is 22.0 Å². The van der Waals surface area contributed by atoms with Crippen LogP contribution in [0.15, 0.2) is 103 Å². The molecule has 190 valence electrons. The molecule has 2 N–H and O–H groups in total. The van der Waals surface area contributed by atoms with E-state index in [-0.39, 0.29) is 17.1 Å². The fraction of sp³-hybridized carbons (Fsp3) is 0.219. The van der Waals surface area contributed by atoms with Gasteiger partial charge in [-0.25, -0.2) is 4.98 Å². The molecule has 0 unspecified atom stereocenters. The first-order valence-corrected chi connectivity index (χ1v) is 13.1. The third-order valence-electron chi connectivity index (χ3n) is 7.77. The number of anilines is 1.